The molecule has 2 aliphatic rings. The van der Waals surface area contributed by atoms with E-state index in [9.17, 15) is 9.59 Å². The molecule has 0 aromatic heterocycles. The van der Waals surface area contributed by atoms with E-state index in [1.807, 2.05) is 24.3 Å². The summed E-state index contributed by atoms with van der Waals surface area (Å²) in [5, 5.41) is 5.75. The molecule has 7 heteroatoms. The van der Waals surface area contributed by atoms with E-state index in [0.717, 1.165) is 11.3 Å². The van der Waals surface area contributed by atoms with Gasteiger partial charge in [-0.3, -0.25) is 9.59 Å². The number of carbonyl (C=O) groups excluding carboxylic acids is 2. The molecule has 29 heavy (non-hydrogen) atoms. The third kappa shape index (κ3) is 4.13. The average molecular weight is 396 g/mol. The van der Waals surface area contributed by atoms with Crippen molar-refractivity contribution in [2.75, 3.05) is 32.2 Å². The Hall–Kier alpha value is -3.22. The van der Waals surface area contributed by atoms with E-state index >= 15 is 0 Å². The van der Waals surface area contributed by atoms with Gasteiger partial charge in [-0.2, -0.15) is 0 Å². The fourth-order valence-electron chi connectivity index (χ4n) is 3.37. The van der Waals surface area contributed by atoms with E-state index in [4.69, 9.17) is 14.2 Å². The second-order valence-corrected chi connectivity index (χ2v) is 7.25. The van der Waals surface area contributed by atoms with Crippen LogP contribution in [0.15, 0.2) is 42.5 Å². The predicted molar refractivity (Wildman–Crippen MR) is 107 cm³/mol. The molecular formula is C22H24N2O5. The van der Waals surface area contributed by atoms with Crippen molar-refractivity contribution < 1.29 is 23.8 Å². The van der Waals surface area contributed by atoms with Gasteiger partial charge in [0, 0.05) is 18.3 Å². The number of fused-ring (bicyclic) bond motifs is 1. The summed E-state index contributed by atoms with van der Waals surface area (Å²) in [5.41, 5.74) is 0.673. The molecule has 1 heterocycles. The van der Waals surface area contributed by atoms with E-state index in [0.29, 0.717) is 56.2 Å². The van der Waals surface area contributed by atoms with Gasteiger partial charge in [-0.25, -0.2) is 0 Å². The van der Waals surface area contributed by atoms with Crippen molar-refractivity contribution in [2.24, 2.45) is 5.41 Å². The van der Waals surface area contributed by atoms with Crippen LogP contribution in [0, 0.1) is 5.41 Å². The molecule has 2 amide bonds. The largest absolute Gasteiger partial charge is 0.497 e. The number of benzene rings is 2. The van der Waals surface area contributed by atoms with Gasteiger partial charge >= 0.3 is 0 Å². The topological polar surface area (TPSA) is 85.9 Å². The van der Waals surface area contributed by atoms with E-state index < -0.39 is 5.41 Å². The van der Waals surface area contributed by atoms with Gasteiger partial charge in [-0.05, 0) is 49.1 Å². The molecule has 0 atom stereocenters. The van der Waals surface area contributed by atoms with Crippen LogP contribution < -0.4 is 24.8 Å². The van der Waals surface area contributed by atoms with Crippen molar-refractivity contribution >= 4 is 17.5 Å². The quantitative estimate of drug-likeness (QED) is 0.703. The van der Waals surface area contributed by atoms with Crippen LogP contribution in [0.2, 0.25) is 0 Å². The van der Waals surface area contributed by atoms with Crippen molar-refractivity contribution in [1.82, 2.24) is 5.32 Å². The van der Waals surface area contributed by atoms with Crippen LogP contribution in [0.1, 0.15) is 18.4 Å². The van der Waals surface area contributed by atoms with Crippen LogP contribution in [0.5, 0.6) is 17.2 Å². The van der Waals surface area contributed by atoms with Crippen molar-refractivity contribution in [1.29, 1.82) is 0 Å². The summed E-state index contributed by atoms with van der Waals surface area (Å²) in [5.74, 6) is 1.53. The number of hydrogen-bond donors (Lipinski definition) is 2. The van der Waals surface area contributed by atoms with Gasteiger partial charge in [-0.15, -0.1) is 0 Å². The van der Waals surface area contributed by atoms with Gasteiger partial charge in [0.25, 0.3) is 0 Å². The molecule has 1 fully saturated rings. The van der Waals surface area contributed by atoms with Crippen molar-refractivity contribution in [3.8, 4) is 17.2 Å². The highest BCUT2D eigenvalue weighted by molar-refractivity contribution is 6.13. The maximum Gasteiger partial charge on any atom is 0.240 e. The zero-order valence-corrected chi connectivity index (χ0v) is 16.3. The number of methoxy groups -OCH3 is 1. The number of carbonyl (C=O) groups is 2. The minimum atomic E-state index is -0.984. The molecule has 152 valence electrons. The molecular weight excluding hydrogens is 372 g/mol. The Labute approximate surface area is 169 Å². The van der Waals surface area contributed by atoms with Crippen LogP contribution in [0.25, 0.3) is 0 Å². The normalized spacial score (nSPS) is 15.9. The molecule has 1 aliphatic carbocycles. The molecule has 7 nitrogen and oxygen atoms in total. The first-order valence-corrected chi connectivity index (χ1v) is 9.73. The van der Waals surface area contributed by atoms with Gasteiger partial charge in [0.05, 0.1) is 7.11 Å². The Morgan fingerprint density at radius 1 is 1.03 bits per heavy atom. The molecule has 0 radical (unpaired) electrons. The van der Waals surface area contributed by atoms with Gasteiger partial charge < -0.3 is 24.8 Å². The van der Waals surface area contributed by atoms with Gasteiger partial charge in [-0.1, -0.05) is 12.1 Å². The van der Waals surface area contributed by atoms with Crippen LogP contribution in [-0.2, 0) is 16.0 Å². The Morgan fingerprint density at radius 3 is 2.59 bits per heavy atom. The van der Waals surface area contributed by atoms with Crippen LogP contribution in [0.3, 0.4) is 0 Å². The Morgan fingerprint density at radius 2 is 1.83 bits per heavy atom. The number of ether oxygens (including phenoxy) is 3. The minimum absolute atomic E-state index is 0.226. The number of anilines is 1. The summed E-state index contributed by atoms with van der Waals surface area (Å²) in [7, 11) is 1.62. The lowest BCUT2D eigenvalue weighted by Gasteiger charge is -2.20. The second-order valence-electron chi connectivity index (χ2n) is 7.25. The lowest BCUT2D eigenvalue weighted by molar-refractivity contribution is -0.134. The zero-order chi connectivity index (χ0) is 20.3. The summed E-state index contributed by atoms with van der Waals surface area (Å²) in [6, 6.07) is 13.0. The number of nitrogens with one attached hydrogen (secondary N) is 2. The molecule has 2 N–H and O–H groups in total. The Kier molecular flexibility index (Phi) is 5.29. The highest BCUT2D eigenvalue weighted by atomic mass is 16.6. The molecule has 2 aromatic carbocycles. The number of hydrogen-bond acceptors (Lipinski definition) is 5. The third-order valence-electron chi connectivity index (χ3n) is 5.25. The third-order valence-corrected chi connectivity index (χ3v) is 5.25. The maximum atomic E-state index is 12.8. The first-order valence-electron chi connectivity index (χ1n) is 9.73. The highest BCUT2D eigenvalue weighted by Gasteiger charge is 2.56. The molecule has 2 aromatic rings. The monoisotopic (exact) mass is 396 g/mol. The fourth-order valence-corrected chi connectivity index (χ4v) is 3.37. The summed E-state index contributed by atoms with van der Waals surface area (Å²) < 4.78 is 16.2. The highest BCUT2D eigenvalue weighted by Crippen LogP contribution is 2.47. The number of amides is 2. The van der Waals surface area contributed by atoms with E-state index in [1.165, 1.54) is 0 Å². The van der Waals surface area contributed by atoms with Crippen molar-refractivity contribution in [2.45, 2.75) is 19.3 Å². The van der Waals surface area contributed by atoms with E-state index in [1.54, 1.807) is 25.3 Å². The molecule has 1 saturated carbocycles. The van der Waals surface area contributed by atoms with Gasteiger partial charge in [0.2, 0.25) is 11.8 Å². The maximum absolute atomic E-state index is 12.8. The molecule has 0 saturated heterocycles. The first-order chi connectivity index (χ1) is 14.1. The van der Waals surface area contributed by atoms with Gasteiger partial charge in [0.15, 0.2) is 11.5 Å². The summed E-state index contributed by atoms with van der Waals surface area (Å²) >= 11 is 0. The average Bonchev–Trinajstić information content (AvgIpc) is 3.56. The zero-order valence-electron chi connectivity index (χ0n) is 16.3. The van der Waals surface area contributed by atoms with Crippen LogP contribution in [-0.4, -0.2) is 38.7 Å². The predicted octanol–water partition coefficient (Wildman–Crippen LogP) is 2.54. The van der Waals surface area contributed by atoms with Gasteiger partial charge in [0.1, 0.15) is 24.4 Å². The molecule has 4 rings (SSSR count). The standard InChI is InChI=1S/C22H24N2O5/c1-27-17-4-2-3-15(13-17)7-10-23-20(25)22(8-9-22)21(26)24-16-5-6-18-19(14-16)29-12-11-28-18/h2-6,13-14H,7-12H2,1H3,(H,23,25)(H,24,26). The minimum Gasteiger partial charge on any atom is -0.497 e. The lowest BCUT2D eigenvalue weighted by Crippen LogP contribution is -2.40. The van der Waals surface area contributed by atoms with Crippen molar-refractivity contribution in [3.63, 3.8) is 0 Å². The SMILES string of the molecule is COc1cccc(CCNC(=O)C2(C(=O)Nc3ccc4c(c3)OCCO4)CC2)c1. The summed E-state index contributed by atoms with van der Waals surface area (Å²) in [4.78, 5) is 25.4. The summed E-state index contributed by atoms with van der Waals surface area (Å²) in [6.45, 7) is 1.45. The van der Waals surface area contributed by atoms with E-state index in [-0.39, 0.29) is 11.8 Å². The Bertz CT molecular complexity index is 923. The molecule has 0 spiro atoms. The Balaban J connectivity index is 1.33. The van der Waals surface area contributed by atoms with Crippen molar-refractivity contribution in [3.05, 3.63) is 48.0 Å². The van der Waals surface area contributed by atoms with Crippen LogP contribution >= 0.6 is 0 Å². The second kappa shape index (κ2) is 8.03. The molecule has 0 unspecified atom stereocenters. The fraction of sp³-hybridized carbons (Fsp3) is 0.364. The molecule has 1 aliphatic heterocycles. The molecule has 0 bridgehead atoms. The number of rotatable bonds is 7. The van der Waals surface area contributed by atoms with E-state index in [2.05, 4.69) is 10.6 Å². The summed E-state index contributed by atoms with van der Waals surface area (Å²) in [6.07, 6.45) is 1.77. The lowest BCUT2D eigenvalue weighted by atomic mass is 10.0. The van der Waals surface area contributed by atoms with Crippen LogP contribution in [0.4, 0.5) is 5.69 Å². The smallest absolute Gasteiger partial charge is 0.240 e. The first kappa shape index (κ1) is 19.1.